The van der Waals surface area contributed by atoms with E-state index in [2.05, 4.69) is 10.3 Å². The molecule has 13 nitrogen and oxygen atoms in total. The number of thiazole rings is 1. The molecule has 0 saturated carbocycles. The van der Waals surface area contributed by atoms with Crippen molar-refractivity contribution < 1.29 is 33.9 Å². The van der Waals surface area contributed by atoms with Crippen LogP contribution in [0.25, 0.3) is 10.4 Å². The molecule has 0 aliphatic carbocycles. The summed E-state index contributed by atoms with van der Waals surface area (Å²) in [5, 5.41) is 23.6. The highest BCUT2D eigenvalue weighted by molar-refractivity contribution is 7.18. The number of ketones is 1. The number of carbonyl (C=O) groups excluding carboxylic acids is 4. The first-order chi connectivity index (χ1) is 19.0. The Kier molecular flexibility index (Phi) is 6.98. The largest absolute Gasteiger partial charge is 0.456 e. The van der Waals surface area contributed by atoms with Crippen LogP contribution in [0.2, 0.25) is 0 Å². The molecule has 3 aromatic rings. The normalized spacial score (nSPS) is 21.6. The summed E-state index contributed by atoms with van der Waals surface area (Å²) in [5.41, 5.74) is 1.19. The minimum absolute atomic E-state index is 0.0580. The van der Waals surface area contributed by atoms with Gasteiger partial charge in [0.05, 0.1) is 33.9 Å². The summed E-state index contributed by atoms with van der Waals surface area (Å²) in [4.78, 5) is 67.2. The highest BCUT2D eigenvalue weighted by Gasteiger charge is 2.60. The van der Waals surface area contributed by atoms with Gasteiger partial charge in [-0.05, 0) is 31.5 Å². The lowest BCUT2D eigenvalue weighted by atomic mass is 9.77. The molecule has 208 valence electrons. The van der Waals surface area contributed by atoms with Crippen molar-refractivity contribution in [3.8, 4) is 0 Å². The first-order valence-electron chi connectivity index (χ1n) is 12.4. The summed E-state index contributed by atoms with van der Waals surface area (Å²) in [6.07, 6.45) is 2.69. The standard InChI is InChI=1S/C26H25N5O8S/c1-12-18(17-8-29-10-27-20(25(29)40-17)23(34)13(2)28-11-32)22(30-21(12)19(14(3)33)24(30)35)26(36)39-9-15-4-6-16(7-5-15)31(37)38/h4-8,10-14,19,21,33H,9H2,1-3H3,(H,28,32)/t12-,13?,14+,19+,21+/m0/s1. The number of non-ortho nitro benzene ring substituents is 1. The predicted octanol–water partition coefficient (Wildman–Crippen LogP) is 1.93. The average molecular weight is 568 g/mol. The Morgan fingerprint density at radius 2 is 2.00 bits per heavy atom. The number of nitrogens with one attached hydrogen (secondary N) is 1. The molecule has 40 heavy (non-hydrogen) atoms. The van der Waals surface area contributed by atoms with Crippen molar-refractivity contribution in [1.82, 2.24) is 19.6 Å². The summed E-state index contributed by atoms with van der Waals surface area (Å²) in [7, 11) is 0. The number of fused-ring (bicyclic) bond motifs is 2. The molecule has 5 atom stereocenters. The lowest BCUT2D eigenvalue weighted by Gasteiger charge is -2.46. The summed E-state index contributed by atoms with van der Waals surface area (Å²) in [5.74, 6) is -2.56. The van der Waals surface area contributed by atoms with Crippen LogP contribution in [0, 0.1) is 22.0 Å². The Labute approximate surface area is 231 Å². The quantitative estimate of drug-likeness (QED) is 0.0927. The summed E-state index contributed by atoms with van der Waals surface area (Å²) in [6, 6.07) is 4.33. The number of aliphatic hydroxyl groups excluding tert-OH is 1. The van der Waals surface area contributed by atoms with E-state index in [0.29, 0.717) is 27.3 Å². The fraction of sp³-hybridized carbons (Fsp3) is 0.346. The fourth-order valence-corrected chi connectivity index (χ4v) is 6.51. The van der Waals surface area contributed by atoms with Crippen molar-refractivity contribution in [3.05, 3.63) is 68.7 Å². The van der Waals surface area contributed by atoms with E-state index in [4.69, 9.17) is 4.74 Å². The molecule has 2 aliphatic heterocycles. The molecule has 5 rings (SSSR count). The molecule has 1 aromatic carbocycles. The Balaban J connectivity index is 1.51. The van der Waals surface area contributed by atoms with Crippen molar-refractivity contribution >= 4 is 51.5 Å². The van der Waals surface area contributed by atoms with Crippen molar-refractivity contribution in [2.24, 2.45) is 11.8 Å². The number of aliphatic hydroxyl groups is 1. The average Bonchev–Trinajstić information content (AvgIpc) is 3.56. The third-order valence-electron chi connectivity index (χ3n) is 7.30. The van der Waals surface area contributed by atoms with Crippen LogP contribution >= 0.6 is 11.3 Å². The zero-order valence-corrected chi connectivity index (χ0v) is 22.5. The molecule has 1 unspecified atom stereocenters. The van der Waals surface area contributed by atoms with Crippen LogP contribution < -0.4 is 5.32 Å². The third-order valence-corrected chi connectivity index (χ3v) is 8.45. The molecule has 2 N–H and O–H groups in total. The second kappa shape index (κ2) is 10.3. The predicted molar refractivity (Wildman–Crippen MR) is 141 cm³/mol. The first-order valence-corrected chi connectivity index (χ1v) is 13.2. The van der Waals surface area contributed by atoms with Gasteiger partial charge in [-0.25, -0.2) is 9.78 Å². The van der Waals surface area contributed by atoms with E-state index in [1.54, 1.807) is 17.5 Å². The molecule has 2 amide bonds. The molecule has 0 spiro atoms. The molecule has 2 aromatic heterocycles. The van der Waals surface area contributed by atoms with Gasteiger partial charge in [0.15, 0.2) is 0 Å². The van der Waals surface area contributed by atoms with E-state index in [1.165, 1.54) is 53.8 Å². The Bertz CT molecular complexity index is 1570. The number of benzene rings is 1. The highest BCUT2D eigenvalue weighted by atomic mass is 32.1. The first kappa shape index (κ1) is 27.1. The van der Waals surface area contributed by atoms with E-state index in [1.807, 2.05) is 6.92 Å². The molecule has 14 heteroatoms. The van der Waals surface area contributed by atoms with Gasteiger partial charge in [0, 0.05) is 29.8 Å². The van der Waals surface area contributed by atoms with Gasteiger partial charge < -0.3 is 20.1 Å². The van der Waals surface area contributed by atoms with Crippen LogP contribution in [0.3, 0.4) is 0 Å². The number of aromatic nitrogens is 2. The van der Waals surface area contributed by atoms with Gasteiger partial charge in [0.2, 0.25) is 18.1 Å². The molecule has 0 radical (unpaired) electrons. The smallest absolute Gasteiger partial charge is 0.355 e. The van der Waals surface area contributed by atoms with Crippen LogP contribution in [0.4, 0.5) is 5.69 Å². The number of imidazole rings is 1. The molecular weight excluding hydrogens is 542 g/mol. The summed E-state index contributed by atoms with van der Waals surface area (Å²) in [6.45, 7) is 4.76. The maximum Gasteiger partial charge on any atom is 0.355 e. The van der Waals surface area contributed by atoms with Crippen LogP contribution in [0.5, 0.6) is 0 Å². The van der Waals surface area contributed by atoms with Crippen molar-refractivity contribution in [1.29, 1.82) is 0 Å². The van der Waals surface area contributed by atoms with Gasteiger partial charge in [0.1, 0.15) is 29.2 Å². The van der Waals surface area contributed by atoms with Gasteiger partial charge in [-0.1, -0.05) is 6.92 Å². The lowest BCUT2D eigenvalue weighted by Crippen LogP contribution is -2.63. The number of amides is 2. The second-order valence-electron chi connectivity index (χ2n) is 9.79. The number of hydrogen-bond donors (Lipinski definition) is 2. The molecular formula is C26H25N5O8S. The Morgan fingerprint density at radius 1 is 1.30 bits per heavy atom. The number of nitro groups is 1. The van der Waals surface area contributed by atoms with Crippen LogP contribution in [0.1, 0.15) is 41.7 Å². The van der Waals surface area contributed by atoms with E-state index in [-0.39, 0.29) is 35.4 Å². The zero-order chi connectivity index (χ0) is 28.9. The molecule has 1 saturated heterocycles. The fourth-order valence-electron chi connectivity index (χ4n) is 5.29. The van der Waals surface area contributed by atoms with E-state index < -0.39 is 40.9 Å². The third kappa shape index (κ3) is 4.34. The van der Waals surface area contributed by atoms with Crippen LogP contribution in [0.15, 0.2) is 42.5 Å². The number of Topliss-reactive ketones (excluding diaryl/α,β-unsaturated/α-hetero) is 1. The molecule has 0 bridgehead atoms. The molecule has 4 heterocycles. The van der Waals surface area contributed by atoms with Crippen molar-refractivity contribution in [3.63, 3.8) is 0 Å². The number of rotatable bonds is 10. The number of carbonyl (C=O) groups is 4. The maximum absolute atomic E-state index is 13.5. The minimum atomic E-state index is -0.924. The van der Waals surface area contributed by atoms with E-state index >= 15 is 0 Å². The number of esters is 1. The lowest BCUT2D eigenvalue weighted by molar-refractivity contribution is -0.384. The van der Waals surface area contributed by atoms with Gasteiger partial charge in [-0.2, -0.15) is 0 Å². The number of nitro benzene ring substituents is 1. The monoisotopic (exact) mass is 567 g/mol. The summed E-state index contributed by atoms with van der Waals surface area (Å²) >= 11 is 1.21. The van der Waals surface area contributed by atoms with Crippen LogP contribution in [-0.4, -0.2) is 66.6 Å². The highest BCUT2D eigenvalue weighted by Crippen LogP contribution is 2.51. The minimum Gasteiger partial charge on any atom is -0.456 e. The SMILES string of the molecule is CC(NC=O)C(=O)c1ncn2cc(C3=C(C(=O)OCc4ccc([N+](=O)[O-])cc4)N4C(=O)[C@H]([C@@H](C)O)[C@H]4[C@H]3C)sc12. The topological polar surface area (TPSA) is 173 Å². The summed E-state index contributed by atoms with van der Waals surface area (Å²) < 4.78 is 7.19. The van der Waals surface area contributed by atoms with Gasteiger partial charge in [-0.15, -0.1) is 11.3 Å². The van der Waals surface area contributed by atoms with Gasteiger partial charge in [-0.3, -0.25) is 28.9 Å². The maximum atomic E-state index is 13.5. The molecule has 1 fully saturated rings. The number of nitrogens with zero attached hydrogens (tertiary/aromatic N) is 4. The number of hydrogen-bond acceptors (Lipinski definition) is 10. The van der Waals surface area contributed by atoms with Crippen molar-refractivity contribution in [2.45, 2.75) is 45.6 Å². The zero-order valence-electron chi connectivity index (χ0n) is 21.6. The van der Waals surface area contributed by atoms with Gasteiger partial charge in [0.25, 0.3) is 5.69 Å². The number of ether oxygens (including phenoxy) is 1. The molecule has 2 aliphatic rings. The van der Waals surface area contributed by atoms with Crippen molar-refractivity contribution in [2.75, 3.05) is 0 Å². The van der Waals surface area contributed by atoms with E-state index in [9.17, 15) is 34.4 Å². The number of β-lactam (4-membered cyclic amide) rings is 1. The Hall–Kier alpha value is -4.43. The van der Waals surface area contributed by atoms with Crippen LogP contribution in [-0.2, 0) is 25.7 Å². The van der Waals surface area contributed by atoms with Gasteiger partial charge >= 0.3 is 5.97 Å². The Morgan fingerprint density at radius 3 is 2.62 bits per heavy atom. The van der Waals surface area contributed by atoms with E-state index in [0.717, 1.165) is 0 Å². The second-order valence-corrected chi connectivity index (χ2v) is 10.8.